The number of halogens is 1. The van der Waals surface area contributed by atoms with E-state index in [1.54, 1.807) is 18.2 Å². The quantitative estimate of drug-likeness (QED) is 0.899. The van der Waals surface area contributed by atoms with Crippen LogP contribution in [0.2, 0.25) is 0 Å². The van der Waals surface area contributed by atoms with Crippen molar-refractivity contribution in [1.82, 2.24) is 0 Å². The van der Waals surface area contributed by atoms with Crippen molar-refractivity contribution in [3.8, 4) is 0 Å². The van der Waals surface area contributed by atoms with Gasteiger partial charge >= 0.3 is 0 Å². The monoisotopic (exact) mass is 272 g/mol. The topological polar surface area (TPSA) is 55.1 Å². The highest BCUT2D eigenvalue weighted by molar-refractivity contribution is 6.04. The van der Waals surface area contributed by atoms with Crippen molar-refractivity contribution in [3.05, 3.63) is 65.0 Å². The Morgan fingerprint density at radius 2 is 2.05 bits per heavy atom. The molecule has 0 aliphatic carbocycles. The summed E-state index contributed by atoms with van der Waals surface area (Å²) in [5.74, 6) is -0.625. The largest absolute Gasteiger partial charge is 0.330 e. The summed E-state index contributed by atoms with van der Waals surface area (Å²) in [5.41, 5.74) is 8.36. The molecule has 0 atom stereocenters. The summed E-state index contributed by atoms with van der Waals surface area (Å²) in [6.45, 7) is 2.36. The molecule has 3 nitrogen and oxygen atoms in total. The second-order valence-electron chi connectivity index (χ2n) is 4.65. The molecule has 2 rings (SSSR count). The predicted molar refractivity (Wildman–Crippen MR) is 78.3 cm³/mol. The number of carbonyl (C=O) groups is 1. The van der Waals surface area contributed by atoms with Crippen LogP contribution >= 0.6 is 0 Å². The average molecular weight is 272 g/mol. The first-order valence-corrected chi connectivity index (χ1v) is 6.46. The van der Waals surface area contributed by atoms with Gasteiger partial charge in [0.15, 0.2) is 0 Å². The molecule has 1 amide bonds. The van der Waals surface area contributed by atoms with Gasteiger partial charge in [-0.3, -0.25) is 4.79 Å². The fourth-order valence-electron chi connectivity index (χ4n) is 1.96. The standard InChI is InChI=1S/C16H17FN2O/c1-11-5-6-14(17)10-15(11)19-16(20)13-4-2-3-12(9-13)7-8-18/h2-6,9-10H,7-8,18H2,1H3,(H,19,20). The van der Waals surface area contributed by atoms with Crippen LogP contribution in [0.25, 0.3) is 0 Å². The molecular weight excluding hydrogens is 255 g/mol. The second kappa shape index (κ2) is 6.30. The van der Waals surface area contributed by atoms with Gasteiger partial charge in [0.1, 0.15) is 5.82 Å². The lowest BCUT2D eigenvalue weighted by molar-refractivity contribution is 0.102. The van der Waals surface area contributed by atoms with Crippen LogP contribution in [-0.4, -0.2) is 12.5 Å². The molecule has 0 aromatic heterocycles. The SMILES string of the molecule is Cc1ccc(F)cc1NC(=O)c1cccc(CCN)c1. The molecule has 0 unspecified atom stereocenters. The normalized spacial score (nSPS) is 10.3. The highest BCUT2D eigenvalue weighted by Crippen LogP contribution is 2.17. The molecule has 2 aromatic rings. The molecule has 0 bridgehead atoms. The van der Waals surface area contributed by atoms with Gasteiger partial charge in [-0.1, -0.05) is 18.2 Å². The van der Waals surface area contributed by atoms with Gasteiger partial charge in [-0.15, -0.1) is 0 Å². The highest BCUT2D eigenvalue weighted by atomic mass is 19.1. The Hall–Kier alpha value is -2.20. The number of anilines is 1. The molecule has 0 aliphatic rings. The summed E-state index contributed by atoms with van der Waals surface area (Å²) in [7, 11) is 0. The Balaban J connectivity index is 2.19. The molecule has 0 radical (unpaired) electrons. The summed E-state index contributed by atoms with van der Waals surface area (Å²) >= 11 is 0. The number of hydrogen-bond donors (Lipinski definition) is 2. The first-order valence-electron chi connectivity index (χ1n) is 6.46. The zero-order valence-corrected chi connectivity index (χ0v) is 11.3. The first kappa shape index (κ1) is 14.2. The number of amides is 1. The Labute approximate surface area is 117 Å². The zero-order chi connectivity index (χ0) is 14.5. The molecule has 0 saturated heterocycles. The van der Waals surface area contributed by atoms with E-state index in [9.17, 15) is 9.18 Å². The number of nitrogens with one attached hydrogen (secondary N) is 1. The Kier molecular flexibility index (Phi) is 4.48. The van der Waals surface area contributed by atoms with E-state index in [-0.39, 0.29) is 11.7 Å². The fraction of sp³-hybridized carbons (Fsp3) is 0.188. The minimum absolute atomic E-state index is 0.252. The van der Waals surface area contributed by atoms with Crippen molar-refractivity contribution in [2.75, 3.05) is 11.9 Å². The second-order valence-corrected chi connectivity index (χ2v) is 4.65. The van der Waals surface area contributed by atoms with Crippen LogP contribution in [0.15, 0.2) is 42.5 Å². The lowest BCUT2D eigenvalue weighted by Crippen LogP contribution is -2.13. The lowest BCUT2D eigenvalue weighted by atomic mass is 10.1. The number of aryl methyl sites for hydroxylation is 1. The molecule has 20 heavy (non-hydrogen) atoms. The molecule has 0 saturated carbocycles. The van der Waals surface area contributed by atoms with E-state index >= 15 is 0 Å². The third-order valence-corrected chi connectivity index (χ3v) is 3.07. The van der Waals surface area contributed by atoms with Gasteiger partial charge in [-0.2, -0.15) is 0 Å². The number of hydrogen-bond acceptors (Lipinski definition) is 2. The van der Waals surface area contributed by atoms with Crippen molar-refractivity contribution in [3.63, 3.8) is 0 Å². The van der Waals surface area contributed by atoms with Gasteiger partial charge in [0.2, 0.25) is 0 Å². The molecule has 104 valence electrons. The van der Waals surface area contributed by atoms with Crippen molar-refractivity contribution in [2.24, 2.45) is 5.73 Å². The molecular formula is C16H17FN2O. The molecule has 4 heteroatoms. The molecule has 2 aromatic carbocycles. The number of nitrogens with two attached hydrogens (primary N) is 1. The minimum atomic E-state index is -0.372. The van der Waals surface area contributed by atoms with Gasteiger partial charge in [0, 0.05) is 11.3 Å². The average Bonchev–Trinajstić information content (AvgIpc) is 2.43. The van der Waals surface area contributed by atoms with E-state index in [0.29, 0.717) is 17.8 Å². The number of benzene rings is 2. The maximum Gasteiger partial charge on any atom is 0.255 e. The third kappa shape index (κ3) is 3.42. The van der Waals surface area contributed by atoms with Crippen LogP contribution in [0, 0.1) is 12.7 Å². The van der Waals surface area contributed by atoms with E-state index in [0.717, 1.165) is 17.5 Å². The first-order chi connectivity index (χ1) is 9.60. The van der Waals surface area contributed by atoms with Crippen LogP contribution in [0.3, 0.4) is 0 Å². The van der Waals surface area contributed by atoms with Gasteiger partial charge in [-0.25, -0.2) is 4.39 Å². The van der Waals surface area contributed by atoms with Crippen molar-refractivity contribution >= 4 is 11.6 Å². The number of carbonyl (C=O) groups excluding carboxylic acids is 1. The van der Waals surface area contributed by atoms with Crippen LogP contribution in [-0.2, 0) is 6.42 Å². The summed E-state index contributed by atoms with van der Waals surface area (Å²) in [6.07, 6.45) is 0.722. The van der Waals surface area contributed by atoms with E-state index in [1.165, 1.54) is 12.1 Å². The van der Waals surface area contributed by atoms with Crippen molar-refractivity contribution in [2.45, 2.75) is 13.3 Å². The van der Waals surface area contributed by atoms with Gasteiger partial charge < -0.3 is 11.1 Å². The Bertz CT molecular complexity index is 626. The van der Waals surface area contributed by atoms with E-state index in [2.05, 4.69) is 5.32 Å². The minimum Gasteiger partial charge on any atom is -0.330 e. The molecule has 0 fully saturated rings. The number of rotatable bonds is 4. The van der Waals surface area contributed by atoms with Crippen LogP contribution < -0.4 is 11.1 Å². The summed E-state index contributed by atoms with van der Waals surface area (Å²) in [4.78, 5) is 12.2. The van der Waals surface area contributed by atoms with Crippen LogP contribution in [0.4, 0.5) is 10.1 Å². The van der Waals surface area contributed by atoms with E-state index in [4.69, 9.17) is 5.73 Å². The molecule has 0 spiro atoms. The van der Waals surface area contributed by atoms with E-state index in [1.807, 2.05) is 19.1 Å². The van der Waals surface area contributed by atoms with Gasteiger partial charge in [-0.05, 0) is 55.3 Å². The Morgan fingerprint density at radius 1 is 1.25 bits per heavy atom. The van der Waals surface area contributed by atoms with E-state index < -0.39 is 0 Å². The summed E-state index contributed by atoms with van der Waals surface area (Å²) < 4.78 is 13.2. The Morgan fingerprint density at radius 3 is 2.80 bits per heavy atom. The van der Waals surface area contributed by atoms with Gasteiger partial charge in [0.25, 0.3) is 5.91 Å². The van der Waals surface area contributed by atoms with Gasteiger partial charge in [0.05, 0.1) is 0 Å². The summed E-state index contributed by atoms with van der Waals surface area (Å²) in [6, 6.07) is 11.6. The maximum absolute atomic E-state index is 13.2. The lowest BCUT2D eigenvalue weighted by Gasteiger charge is -2.09. The van der Waals surface area contributed by atoms with Crippen molar-refractivity contribution in [1.29, 1.82) is 0 Å². The van der Waals surface area contributed by atoms with Crippen LogP contribution in [0.1, 0.15) is 21.5 Å². The summed E-state index contributed by atoms with van der Waals surface area (Å²) in [5, 5.41) is 2.73. The van der Waals surface area contributed by atoms with Crippen molar-refractivity contribution < 1.29 is 9.18 Å². The predicted octanol–water partition coefficient (Wildman–Crippen LogP) is 2.89. The highest BCUT2D eigenvalue weighted by Gasteiger charge is 2.09. The fourth-order valence-corrected chi connectivity index (χ4v) is 1.96. The van der Waals surface area contributed by atoms with Crippen LogP contribution in [0.5, 0.6) is 0 Å². The smallest absolute Gasteiger partial charge is 0.255 e. The molecule has 0 aliphatic heterocycles. The third-order valence-electron chi connectivity index (χ3n) is 3.07. The maximum atomic E-state index is 13.2. The zero-order valence-electron chi connectivity index (χ0n) is 11.3. The molecule has 0 heterocycles. The molecule has 3 N–H and O–H groups in total.